The molecular weight excluding hydrogens is 284 g/mol. The Bertz CT molecular complexity index is 480. The molecule has 0 amide bonds. The van der Waals surface area contributed by atoms with Crippen LogP contribution in [0.5, 0.6) is 5.88 Å². The molecule has 0 N–H and O–H groups in total. The zero-order valence-electron chi connectivity index (χ0n) is 8.57. The van der Waals surface area contributed by atoms with E-state index in [1.807, 2.05) is 0 Å². The van der Waals surface area contributed by atoms with Gasteiger partial charge < -0.3 is 9.15 Å². The number of alkyl halides is 3. The fourth-order valence-corrected chi connectivity index (χ4v) is 1.56. The summed E-state index contributed by atoms with van der Waals surface area (Å²) in [6.07, 6.45) is 3.10. The van der Waals surface area contributed by atoms with E-state index in [2.05, 4.69) is 4.98 Å². The maximum absolute atomic E-state index is 5.76. The first-order chi connectivity index (χ1) is 8.05. The summed E-state index contributed by atoms with van der Waals surface area (Å²) in [5.41, 5.74) is 0.506. The van der Waals surface area contributed by atoms with Crippen LogP contribution in [-0.4, -0.2) is 4.98 Å². The molecule has 0 bridgehead atoms. The Morgan fingerprint density at radius 2 is 2.12 bits per heavy atom. The van der Waals surface area contributed by atoms with Crippen LogP contribution >= 0.6 is 34.8 Å². The van der Waals surface area contributed by atoms with Crippen molar-refractivity contribution in [2.75, 3.05) is 0 Å². The highest BCUT2D eigenvalue weighted by molar-refractivity contribution is 6.66. The number of hydrogen-bond acceptors (Lipinski definition) is 3. The van der Waals surface area contributed by atoms with Crippen LogP contribution in [0.4, 0.5) is 0 Å². The van der Waals surface area contributed by atoms with Gasteiger partial charge in [0, 0.05) is 17.8 Å². The molecule has 0 aliphatic heterocycles. The van der Waals surface area contributed by atoms with Crippen LogP contribution in [0.1, 0.15) is 11.3 Å². The normalized spacial score (nSPS) is 11.5. The maximum Gasteiger partial charge on any atom is 0.216 e. The molecule has 0 aliphatic rings. The Morgan fingerprint density at radius 3 is 2.76 bits per heavy atom. The van der Waals surface area contributed by atoms with Gasteiger partial charge in [0.25, 0.3) is 0 Å². The fraction of sp³-hybridized carbons (Fsp3) is 0.182. The second-order valence-corrected chi connectivity index (χ2v) is 5.53. The van der Waals surface area contributed by atoms with Crippen molar-refractivity contribution in [2.45, 2.75) is 10.4 Å². The predicted molar refractivity (Wildman–Crippen MR) is 66.5 cm³/mol. The minimum atomic E-state index is -1.48. The first-order valence-electron chi connectivity index (χ1n) is 4.74. The third-order valence-electron chi connectivity index (χ3n) is 2.00. The summed E-state index contributed by atoms with van der Waals surface area (Å²) < 4.78 is 9.05. The van der Waals surface area contributed by atoms with Crippen molar-refractivity contribution in [3.63, 3.8) is 0 Å². The largest absolute Gasteiger partial charge is 0.469 e. The van der Waals surface area contributed by atoms with Gasteiger partial charge in [0.05, 0.1) is 6.26 Å². The van der Waals surface area contributed by atoms with E-state index in [1.165, 1.54) is 6.20 Å². The molecule has 6 heteroatoms. The number of hydrogen-bond donors (Lipinski definition) is 0. The van der Waals surface area contributed by atoms with Gasteiger partial charge in [-0.1, -0.05) is 34.8 Å². The number of halogens is 3. The van der Waals surface area contributed by atoms with E-state index in [4.69, 9.17) is 44.0 Å². The summed E-state index contributed by atoms with van der Waals surface area (Å²) in [6.45, 7) is 0.281. The van der Waals surface area contributed by atoms with Crippen LogP contribution in [0.2, 0.25) is 0 Å². The standard InChI is InChI=1S/C11H8Cl3NO2/c12-11(13,14)8-3-4-15-10(6-8)17-7-9-2-1-5-16-9/h1-6H,7H2. The van der Waals surface area contributed by atoms with E-state index in [-0.39, 0.29) is 6.61 Å². The van der Waals surface area contributed by atoms with E-state index in [9.17, 15) is 0 Å². The van der Waals surface area contributed by atoms with Crippen molar-refractivity contribution in [1.29, 1.82) is 0 Å². The second kappa shape index (κ2) is 5.17. The average molecular weight is 293 g/mol. The Morgan fingerprint density at radius 1 is 1.29 bits per heavy atom. The van der Waals surface area contributed by atoms with Crippen molar-refractivity contribution in [1.82, 2.24) is 4.98 Å². The Labute approximate surface area is 113 Å². The number of aromatic nitrogens is 1. The summed E-state index contributed by atoms with van der Waals surface area (Å²) in [5, 5.41) is 0. The van der Waals surface area contributed by atoms with Crippen LogP contribution in [-0.2, 0) is 10.4 Å². The summed E-state index contributed by atoms with van der Waals surface area (Å²) in [6, 6.07) is 6.78. The molecule has 0 atom stereocenters. The predicted octanol–water partition coefficient (Wildman–Crippen LogP) is 4.08. The van der Waals surface area contributed by atoms with Gasteiger partial charge in [-0.25, -0.2) is 4.98 Å². The lowest BCUT2D eigenvalue weighted by Crippen LogP contribution is -2.02. The quantitative estimate of drug-likeness (QED) is 0.800. The van der Waals surface area contributed by atoms with Crippen molar-refractivity contribution >= 4 is 34.8 Å². The molecule has 17 heavy (non-hydrogen) atoms. The number of pyridine rings is 1. The number of ether oxygens (including phenoxy) is 1. The van der Waals surface area contributed by atoms with Crippen LogP contribution in [0, 0.1) is 0 Å². The molecule has 2 rings (SSSR count). The van der Waals surface area contributed by atoms with Gasteiger partial charge in [0.15, 0.2) is 0 Å². The van der Waals surface area contributed by atoms with Crippen LogP contribution < -0.4 is 4.74 Å². The summed E-state index contributed by atoms with van der Waals surface area (Å²) in [7, 11) is 0. The highest BCUT2D eigenvalue weighted by Gasteiger charge is 2.23. The molecule has 0 unspecified atom stereocenters. The van der Waals surface area contributed by atoms with Crippen molar-refractivity contribution in [3.8, 4) is 5.88 Å². The maximum atomic E-state index is 5.76. The highest BCUT2D eigenvalue weighted by Crippen LogP contribution is 2.38. The van der Waals surface area contributed by atoms with Gasteiger partial charge in [-0.2, -0.15) is 0 Å². The Kier molecular flexibility index (Phi) is 3.82. The molecule has 0 saturated carbocycles. The molecule has 0 radical (unpaired) electrons. The molecule has 0 aromatic carbocycles. The molecule has 3 nitrogen and oxygen atoms in total. The van der Waals surface area contributed by atoms with Crippen molar-refractivity contribution < 1.29 is 9.15 Å². The number of rotatable bonds is 3. The lowest BCUT2D eigenvalue weighted by molar-refractivity contribution is 0.260. The minimum Gasteiger partial charge on any atom is -0.469 e. The molecule has 0 saturated heterocycles. The van der Waals surface area contributed by atoms with Crippen molar-refractivity contribution in [3.05, 3.63) is 48.0 Å². The van der Waals surface area contributed by atoms with E-state index in [1.54, 1.807) is 30.5 Å². The molecule has 0 spiro atoms. The summed E-state index contributed by atoms with van der Waals surface area (Å²) in [4.78, 5) is 4.01. The smallest absolute Gasteiger partial charge is 0.216 e. The monoisotopic (exact) mass is 291 g/mol. The first-order valence-corrected chi connectivity index (χ1v) is 5.87. The highest BCUT2D eigenvalue weighted by atomic mass is 35.6. The minimum absolute atomic E-state index is 0.281. The summed E-state index contributed by atoms with van der Waals surface area (Å²) in [5.74, 6) is 1.08. The van der Waals surface area contributed by atoms with Gasteiger partial charge >= 0.3 is 0 Å². The summed E-state index contributed by atoms with van der Waals surface area (Å²) >= 11 is 17.3. The zero-order chi connectivity index (χ0) is 12.3. The van der Waals surface area contributed by atoms with Crippen LogP contribution in [0.25, 0.3) is 0 Å². The molecule has 2 aromatic heterocycles. The molecule has 2 aromatic rings. The Balaban J connectivity index is 2.07. The molecular formula is C11H8Cl3NO2. The van der Waals surface area contributed by atoms with Gasteiger partial charge in [-0.3, -0.25) is 0 Å². The first kappa shape index (κ1) is 12.6. The van der Waals surface area contributed by atoms with E-state index in [0.717, 1.165) is 0 Å². The molecule has 2 heterocycles. The van der Waals surface area contributed by atoms with Crippen LogP contribution in [0.3, 0.4) is 0 Å². The van der Waals surface area contributed by atoms with Gasteiger partial charge in [0.1, 0.15) is 12.4 Å². The van der Waals surface area contributed by atoms with Gasteiger partial charge in [0.2, 0.25) is 9.67 Å². The van der Waals surface area contributed by atoms with E-state index >= 15 is 0 Å². The third kappa shape index (κ3) is 3.53. The van der Waals surface area contributed by atoms with E-state index < -0.39 is 3.79 Å². The number of nitrogens with zero attached hydrogens (tertiary/aromatic N) is 1. The molecule has 0 fully saturated rings. The van der Waals surface area contributed by atoms with Crippen molar-refractivity contribution in [2.24, 2.45) is 0 Å². The topological polar surface area (TPSA) is 35.3 Å². The second-order valence-electron chi connectivity index (χ2n) is 3.25. The third-order valence-corrected chi connectivity index (χ3v) is 2.66. The lowest BCUT2D eigenvalue weighted by atomic mass is 10.3. The van der Waals surface area contributed by atoms with Gasteiger partial charge in [-0.05, 0) is 18.2 Å². The van der Waals surface area contributed by atoms with E-state index in [0.29, 0.717) is 17.2 Å². The zero-order valence-corrected chi connectivity index (χ0v) is 10.8. The average Bonchev–Trinajstić information content (AvgIpc) is 2.78. The number of furan rings is 1. The van der Waals surface area contributed by atoms with Crippen LogP contribution in [0.15, 0.2) is 41.1 Å². The fourth-order valence-electron chi connectivity index (χ4n) is 1.20. The lowest BCUT2D eigenvalue weighted by Gasteiger charge is -2.11. The Hall–Kier alpha value is -0.900. The molecule has 0 aliphatic carbocycles. The molecule has 90 valence electrons. The van der Waals surface area contributed by atoms with Gasteiger partial charge in [-0.15, -0.1) is 0 Å². The SMILES string of the molecule is ClC(Cl)(Cl)c1ccnc(OCc2ccco2)c1.